The van der Waals surface area contributed by atoms with Crippen LogP contribution >= 0.6 is 0 Å². The summed E-state index contributed by atoms with van der Waals surface area (Å²) in [7, 11) is -2.50. The molecule has 4 rings (SSSR count). The van der Waals surface area contributed by atoms with Crippen molar-refractivity contribution in [2.75, 3.05) is 6.61 Å². The first-order chi connectivity index (χ1) is 13.4. The molecule has 0 spiro atoms. The summed E-state index contributed by atoms with van der Waals surface area (Å²) in [6, 6.07) is 21.6. The van der Waals surface area contributed by atoms with E-state index in [-0.39, 0.29) is 11.0 Å². The van der Waals surface area contributed by atoms with Crippen molar-refractivity contribution < 1.29 is 9.53 Å². The zero-order valence-electron chi connectivity index (χ0n) is 17.5. The first kappa shape index (κ1) is 19.9. The zero-order chi connectivity index (χ0) is 19.8. The van der Waals surface area contributed by atoms with Crippen LogP contribution in [0.4, 0.5) is 0 Å². The van der Waals surface area contributed by atoms with Crippen LogP contribution in [0, 0.1) is 11.8 Å². The molecule has 0 saturated heterocycles. The second-order valence-corrected chi connectivity index (χ2v) is 14.1. The first-order valence-electron chi connectivity index (χ1n) is 10.9. The van der Waals surface area contributed by atoms with Gasteiger partial charge in [-0.3, -0.25) is 0 Å². The number of benzene rings is 2. The Hall–Kier alpha value is -1.42. The average Bonchev–Trinajstić information content (AvgIpc) is 2.68. The van der Waals surface area contributed by atoms with E-state index in [9.17, 15) is 5.11 Å². The lowest BCUT2D eigenvalue weighted by molar-refractivity contribution is -0.182. The number of fused-ring (bicyclic) bond motifs is 1. The summed E-state index contributed by atoms with van der Waals surface area (Å²) in [4.78, 5) is 0. The van der Waals surface area contributed by atoms with Gasteiger partial charge in [-0.25, -0.2) is 0 Å². The molecule has 3 atom stereocenters. The lowest BCUT2D eigenvalue weighted by Gasteiger charge is -2.56. The fourth-order valence-electron chi connectivity index (χ4n) is 5.70. The molecule has 150 valence electrons. The maximum Gasteiger partial charge on any atom is 0.261 e. The van der Waals surface area contributed by atoms with Crippen molar-refractivity contribution in [3.63, 3.8) is 0 Å². The third-order valence-electron chi connectivity index (χ3n) is 7.28. The molecule has 2 saturated carbocycles. The van der Waals surface area contributed by atoms with Crippen LogP contribution < -0.4 is 10.4 Å². The van der Waals surface area contributed by atoms with Crippen molar-refractivity contribution in [2.24, 2.45) is 11.8 Å². The molecule has 2 nitrogen and oxygen atoms in total. The second kappa shape index (κ2) is 7.44. The molecule has 1 N–H and O–H groups in total. The molecule has 0 aliphatic heterocycles. The van der Waals surface area contributed by atoms with Crippen LogP contribution in [0.3, 0.4) is 0 Å². The Balaban J connectivity index is 1.69. The Morgan fingerprint density at radius 3 is 2.04 bits per heavy atom. The van der Waals surface area contributed by atoms with Gasteiger partial charge < -0.3 is 9.53 Å². The van der Waals surface area contributed by atoms with Gasteiger partial charge >= 0.3 is 0 Å². The molecule has 2 aliphatic carbocycles. The molecule has 3 heteroatoms. The normalized spacial score (nSPS) is 27.7. The molecule has 0 amide bonds. The highest BCUT2D eigenvalue weighted by atomic mass is 28.4. The van der Waals surface area contributed by atoms with Crippen LogP contribution in [0.15, 0.2) is 60.7 Å². The fraction of sp³-hybridized carbons (Fsp3) is 0.520. The van der Waals surface area contributed by atoms with Crippen LogP contribution in [0.25, 0.3) is 0 Å². The van der Waals surface area contributed by atoms with Gasteiger partial charge in [0.1, 0.15) is 0 Å². The van der Waals surface area contributed by atoms with E-state index in [1.165, 1.54) is 23.2 Å². The predicted molar refractivity (Wildman–Crippen MR) is 119 cm³/mol. The summed E-state index contributed by atoms with van der Waals surface area (Å²) < 4.78 is 7.06. The van der Waals surface area contributed by atoms with E-state index in [2.05, 4.69) is 81.4 Å². The van der Waals surface area contributed by atoms with Gasteiger partial charge in [-0.2, -0.15) is 0 Å². The van der Waals surface area contributed by atoms with Crippen LogP contribution in [0.1, 0.15) is 52.9 Å². The molecule has 2 aromatic carbocycles. The number of rotatable bonds is 5. The standard InChI is InChI=1S/C25H34O2Si/c1-24(2,3)28(22-13-6-4-7-14-22,23-15-8-5-9-16-23)27-19-21-18-20-12-10-11-17-25(20,21)26/h4-9,13-16,20-21,26H,10-12,17-19H2,1-3H3/t20-,21-,25+/m0/s1. The number of hydrogen-bond donors (Lipinski definition) is 1. The molecule has 28 heavy (non-hydrogen) atoms. The first-order valence-corrected chi connectivity index (χ1v) is 12.8. The minimum absolute atomic E-state index is 0.00591. The number of aliphatic hydroxyl groups is 1. The third kappa shape index (κ3) is 3.18. The summed E-state index contributed by atoms with van der Waals surface area (Å²) in [6.45, 7) is 7.62. The molecule has 0 radical (unpaired) electrons. The Bertz CT molecular complexity index is 744. The molecule has 2 aromatic rings. The summed E-state index contributed by atoms with van der Waals surface area (Å²) >= 11 is 0. The lowest BCUT2D eigenvalue weighted by atomic mass is 9.55. The SMILES string of the molecule is CC(C)(C)[Si](OC[C@@H]1C[C@@H]2CCCC[C@]12O)(c1ccccc1)c1ccccc1. The Morgan fingerprint density at radius 2 is 1.54 bits per heavy atom. The summed E-state index contributed by atoms with van der Waals surface area (Å²) in [5, 5.41) is 13.9. The number of hydrogen-bond acceptors (Lipinski definition) is 2. The van der Waals surface area contributed by atoms with Gasteiger partial charge in [0.25, 0.3) is 8.32 Å². The zero-order valence-corrected chi connectivity index (χ0v) is 18.5. The van der Waals surface area contributed by atoms with Crippen molar-refractivity contribution in [1.29, 1.82) is 0 Å². The van der Waals surface area contributed by atoms with Crippen molar-refractivity contribution in [3.05, 3.63) is 60.7 Å². The average molecular weight is 395 g/mol. The Morgan fingerprint density at radius 1 is 0.964 bits per heavy atom. The van der Waals surface area contributed by atoms with Crippen molar-refractivity contribution in [3.8, 4) is 0 Å². The highest BCUT2D eigenvalue weighted by molar-refractivity contribution is 6.99. The smallest absolute Gasteiger partial charge is 0.261 e. The molecule has 2 aliphatic rings. The summed E-state index contributed by atoms with van der Waals surface area (Å²) in [5.74, 6) is 0.772. The van der Waals surface area contributed by atoms with Crippen LogP contribution in [-0.2, 0) is 4.43 Å². The molecule has 0 unspecified atom stereocenters. The highest BCUT2D eigenvalue weighted by Crippen LogP contribution is 2.53. The van der Waals surface area contributed by atoms with Crippen LogP contribution in [0.5, 0.6) is 0 Å². The maximum atomic E-state index is 11.3. The fourth-order valence-corrected chi connectivity index (χ4v) is 10.3. The van der Waals surface area contributed by atoms with E-state index >= 15 is 0 Å². The van der Waals surface area contributed by atoms with Crippen molar-refractivity contribution >= 4 is 18.7 Å². The van der Waals surface area contributed by atoms with E-state index in [4.69, 9.17) is 4.43 Å². The van der Waals surface area contributed by atoms with E-state index in [1.54, 1.807) is 0 Å². The van der Waals surface area contributed by atoms with E-state index in [0.29, 0.717) is 12.5 Å². The van der Waals surface area contributed by atoms with Gasteiger partial charge in [0.15, 0.2) is 0 Å². The minimum atomic E-state index is -2.50. The molecule has 2 fully saturated rings. The van der Waals surface area contributed by atoms with Gasteiger partial charge in [-0.1, -0.05) is 94.3 Å². The van der Waals surface area contributed by atoms with Crippen molar-refractivity contribution in [1.82, 2.24) is 0 Å². The topological polar surface area (TPSA) is 29.5 Å². The predicted octanol–water partition coefficient (Wildman–Crippen LogP) is 4.50. The molecule has 0 bridgehead atoms. The van der Waals surface area contributed by atoms with E-state index < -0.39 is 13.9 Å². The van der Waals surface area contributed by atoms with Crippen LogP contribution in [0.2, 0.25) is 5.04 Å². The monoisotopic (exact) mass is 394 g/mol. The lowest BCUT2D eigenvalue weighted by Crippen LogP contribution is -2.68. The highest BCUT2D eigenvalue weighted by Gasteiger charge is 2.56. The third-order valence-corrected chi connectivity index (χ3v) is 12.3. The van der Waals surface area contributed by atoms with Gasteiger partial charge in [0, 0.05) is 12.5 Å². The molecule has 0 heterocycles. The Kier molecular flexibility index (Phi) is 5.28. The van der Waals surface area contributed by atoms with Gasteiger partial charge in [0.2, 0.25) is 0 Å². The minimum Gasteiger partial charge on any atom is -0.407 e. The van der Waals surface area contributed by atoms with E-state index in [0.717, 1.165) is 19.3 Å². The van der Waals surface area contributed by atoms with E-state index in [1.807, 2.05) is 0 Å². The largest absolute Gasteiger partial charge is 0.407 e. The van der Waals surface area contributed by atoms with Gasteiger partial charge in [0.05, 0.1) is 5.60 Å². The maximum absolute atomic E-state index is 11.3. The summed E-state index contributed by atoms with van der Waals surface area (Å²) in [6.07, 6.45) is 5.69. The molecular formula is C25H34O2Si. The molecular weight excluding hydrogens is 360 g/mol. The Labute approximate surface area is 171 Å². The van der Waals surface area contributed by atoms with Gasteiger partial charge in [-0.15, -0.1) is 0 Å². The van der Waals surface area contributed by atoms with Crippen molar-refractivity contribution in [2.45, 2.75) is 63.5 Å². The quantitative estimate of drug-likeness (QED) is 0.757. The van der Waals surface area contributed by atoms with Crippen LogP contribution in [-0.4, -0.2) is 25.6 Å². The molecule has 0 aromatic heterocycles. The van der Waals surface area contributed by atoms with Gasteiger partial charge in [-0.05, 0) is 40.6 Å². The summed E-state index contributed by atoms with van der Waals surface area (Å²) in [5.41, 5.74) is -0.482. The second-order valence-electron chi connectivity index (χ2n) is 9.84.